The van der Waals surface area contributed by atoms with Crippen molar-refractivity contribution in [2.75, 3.05) is 5.32 Å². The van der Waals surface area contributed by atoms with E-state index in [0.717, 1.165) is 13.3 Å². The monoisotopic (exact) mass is 355 g/mol. The Labute approximate surface area is 109 Å². The molecule has 0 bridgehead atoms. The summed E-state index contributed by atoms with van der Waals surface area (Å²) >= 11 is 8.09. The van der Waals surface area contributed by atoms with E-state index in [1.54, 1.807) is 0 Å². The van der Waals surface area contributed by atoms with Crippen LogP contribution >= 0.6 is 43.2 Å². The molecule has 1 N–H and O–H groups in total. The molecule has 0 fully saturated rings. The van der Waals surface area contributed by atoms with E-state index in [-0.39, 0.29) is 0 Å². The number of nitrogens with one attached hydrogen (secondary N) is 1. The molecule has 1 aromatic heterocycles. The molecule has 1 rings (SSSR count). The fourth-order valence-electron chi connectivity index (χ4n) is 0.822. The molecule has 0 aliphatic rings. The van der Waals surface area contributed by atoms with E-state index in [1.807, 2.05) is 26.8 Å². The first-order valence-corrected chi connectivity index (χ1v) is 6.63. The lowest BCUT2D eigenvalue weighted by Crippen LogP contribution is -2.27. The van der Waals surface area contributed by atoms with Gasteiger partial charge in [-0.1, -0.05) is 0 Å². The first-order valence-electron chi connectivity index (χ1n) is 4.23. The summed E-state index contributed by atoms with van der Waals surface area (Å²) in [4.78, 5) is 11.4. The number of carbonyl (C=O) groups excluding carboxylic acids is 1. The maximum Gasteiger partial charge on any atom is 0.412 e. The summed E-state index contributed by atoms with van der Waals surface area (Å²) in [5.74, 6) is 0. The van der Waals surface area contributed by atoms with Gasteiger partial charge in [0.05, 0.1) is 8.26 Å². The van der Waals surface area contributed by atoms with Gasteiger partial charge in [0, 0.05) is 0 Å². The third-order valence-corrected chi connectivity index (χ3v) is 3.71. The molecule has 84 valence electrons. The first kappa shape index (κ1) is 13.0. The number of hydrogen-bond acceptors (Lipinski definition) is 3. The van der Waals surface area contributed by atoms with Crippen LogP contribution in [0.25, 0.3) is 0 Å². The van der Waals surface area contributed by atoms with Crippen molar-refractivity contribution in [3.63, 3.8) is 0 Å². The highest BCUT2D eigenvalue weighted by molar-refractivity contribution is 9.11. The Morgan fingerprint density at radius 1 is 1.47 bits per heavy atom. The smallest absolute Gasteiger partial charge is 0.412 e. The third kappa shape index (κ3) is 4.53. The number of hydrogen-bond donors (Lipinski definition) is 1. The second-order valence-electron chi connectivity index (χ2n) is 3.85. The number of rotatable bonds is 1. The summed E-state index contributed by atoms with van der Waals surface area (Å²) in [6.45, 7) is 5.48. The van der Waals surface area contributed by atoms with Gasteiger partial charge in [-0.05, 0) is 58.7 Å². The predicted octanol–water partition coefficient (Wildman–Crippen LogP) is 4.62. The van der Waals surface area contributed by atoms with E-state index >= 15 is 0 Å². The van der Waals surface area contributed by atoms with Gasteiger partial charge in [-0.15, -0.1) is 11.3 Å². The van der Waals surface area contributed by atoms with Crippen LogP contribution in [0.1, 0.15) is 20.8 Å². The minimum atomic E-state index is -0.481. The number of anilines is 1. The van der Waals surface area contributed by atoms with Crippen molar-refractivity contribution in [1.29, 1.82) is 0 Å². The van der Waals surface area contributed by atoms with Crippen molar-refractivity contribution in [3.8, 4) is 0 Å². The molecular formula is C9H11Br2NO2S. The second kappa shape index (κ2) is 4.84. The van der Waals surface area contributed by atoms with Gasteiger partial charge >= 0.3 is 6.09 Å². The molecule has 1 amide bonds. The molecule has 0 aromatic carbocycles. The zero-order valence-corrected chi connectivity index (χ0v) is 12.5. The van der Waals surface area contributed by atoms with Gasteiger partial charge in [0.2, 0.25) is 0 Å². The molecule has 1 heterocycles. The van der Waals surface area contributed by atoms with Gasteiger partial charge in [0.15, 0.2) is 0 Å². The Morgan fingerprint density at radius 2 is 2.07 bits per heavy atom. The molecule has 15 heavy (non-hydrogen) atoms. The van der Waals surface area contributed by atoms with E-state index in [0.29, 0.717) is 0 Å². The summed E-state index contributed by atoms with van der Waals surface area (Å²) in [7, 11) is 0. The summed E-state index contributed by atoms with van der Waals surface area (Å²) in [5, 5.41) is 3.40. The van der Waals surface area contributed by atoms with Gasteiger partial charge in [-0.3, -0.25) is 5.32 Å². The van der Waals surface area contributed by atoms with E-state index < -0.39 is 11.7 Å². The average Bonchev–Trinajstić information content (AvgIpc) is 2.25. The number of carbonyl (C=O) groups is 1. The molecule has 0 saturated heterocycles. The SMILES string of the molecule is CC(C)(C)OC(=O)Nc1sc(Br)cc1Br. The zero-order chi connectivity index (χ0) is 11.6. The van der Waals surface area contributed by atoms with Crippen molar-refractivity contribution in [2.24, 2.45) is 0 Å². The molecule has 0 aliphatic carbocycles. The number of thiophene rings is 1. The molecule has 0 atom stereocenters. The number of halogens is 2. The van der Waals surface area contributed by atoms with Crippen LogP contribution in [-0.4, -0.2) is 11.7 Å². The lowest BCUT2D eigenvalue weighted by Gasteiger charge is -2.19. The molecule has 0 spiro atoms. The van der Waals surface area contributed by atoms with Crippen LogP contribution < -0.4 is 5.32 Å². The molecule has 1 aromatic rings. The summed E-state index contributed by atoms with van der Waals surface area (Å²) < 4.78 is 6.91. The van der Waals surface area contributed by atoms with Crippen molar-refractivity contribution in [1.82, 2.24) is 0 Å². The Bertz CT molecular complexity index is 371. The highest BCUT2D eigenvalue weighted by Crippen LogP contribution is 2.35. The average molecular weight is 357 g/mol. The van der Waals surface area contributed by atoms with Crippen LogP contribution in [0, 0.1) is 0 Å². The third-order valence-electron chi connectivity index (χ3n) is 1.27. The van der Waals surface area contributed by atoms with E-state index in [4.69, 9.17) is 4.74 Å². The Balaban J connectivity index is 2.63. The quantitative estimate of drug-likeness (QED) is 0.797. The molecule has 0 unspecified atom stereocenters. The minimum absolute atomic E-state index is 0.447. The molecule has 0 radical (unpaired) electrons. The predicted molar refractivity (Wildman–Crippen MR) is 69.6 cm³/mol. The largest absolute Gasteiger partial charge is 0.444 e. The van der Waals surface area contributed by atoms with Gasteiger partial charge < -0.3 is 4.74 Å². The maximum atomic E-state index is 11.4. The summed E-state index contributed by atoms with van der Waals surface area (Å²) in [6, 6.07) is 1.87. The molecule has 6 heteroatoms. The van der Waals surface area contributed by atoms with Gasteiger partial charge in [-0.25, -0.2) is 4.79 Å². The van der Waals surface area contributed by atoms with E-state index in [9.17, 15) is 4.79 Å². The van der Waals surface area contributed by atoms with Gasteiger partial charge in [0.1, 0.15) is 10.6 Å². The fourth-order valence-corrected chi connectivity index (χ4v) is 3.23. The number of amides is 1. The summed E-state index contributed by atoms with van der Waals surface area (Å²) in [5.41, 5.74) is -0.481. The van der Waals surface area contributed by atoms with Crippen molar-refractivity contribution < 1.29 is 9.53 Å². The second-order valence-corrected chi connectivity index (χ2v) is 7.14. The lowest BCUT2D eigenvalue weighted by atomic mass is 10.2. The van der Waals surface area contributed by atoms with Crippen LogP contribution in [0.5, 0.6) is 0 Å². The lowest BCUT2D eigenvalue weighted by molar-refractivity contribution is 0.0636. The molecule has 0 aliphatic heterocycles. The molecule has 0 saturated carbocycles. The van der Waals surface area contributed by atoms with Crippen molar-refractivity contribution >= 4 is 54.3 Å². The van der Waals surface area contributed by atoms with Crippen LogP contribution in [0.4, 0.5) is 9.80 Å². The maximum absolute atomic E-state index is 11.4. The number of ether oxygens (including phenoxy) is 1. The molecule has 3 nitrogen and oxygen atoms in total. The fraction of sp³-hybridized carbons (Fsp3) is 0.444. The Hall–Kier alpha value is -0.0700. The highest BCUT2D eigenvalue weighted by atomic mass is 79.9. The summed E-state index contributed by atoms with van der Waals surface area (Å²) in [6.07, 6.45) is -0.447. The Morgan fingerprint density at radius 3 is 2.47 bits per heavy atom. The normalized spacial score (nSPS) is 11.3. The van der Waals surface area contributed by atoms with Crippen molar-refractivity contribution in [2.45, 2.75) is 26.4 Å². The van der Waals surface area contributed by atoms with E-state index in [2.05, 4.69) is 37.2 Å². The van der Waals surface area contributed by atoms with Crippen LogP contribution in [0.2, 0.25) is 0 Å². The topological polar surface area (TPSA) is 38.3 Å². The first-order chi connectivity index (χ1) is 6.78. The van der Waals surface area contributed by atoms with Crippen LogP contribution in [0.15, 0.2) is 14.3 Å². The Kier molecular flexibility index (Phi) is 4.20. The van der Waals surface area contributed by atoms with E-state index in [1.165, 1.54) is 11.3 Å². The highest BCUT2D eigenvalue weighted by Gasteiger charge is 2.17. The van der Waals surface area contributed by atoms with Gasteiger partial charge in [-0.2, -0.15) is 0 Å². The zero-order valence-electron chi connectivity index (χ0n) is 8.56. The standard InChI is InChI=1S/C9H11Br2NO2S/c1-9(2,3)14-8(13)12-7-5(10)4-6(11)15-7/h4H,1-3H3,(H,12,13). The molecular weight excluding hydrogens is 346 g/mol. The van der Waals surface area contributed by atoms with Gasteiger partial charge in [0.25, 0.3) is 0 Å². The minimum Gasteiger partial charge on any atom is -0.444 e. The van der Waals surface area contributed by atoms with Crippen molar-refractivity contribution in [3.05, 3.63) is 14.3 Å². The van der Waals surface area contributed by atoms with Crippen LogP contribution in [0.3, 0.4) is 0 Å². The van der Waals surface area contributed by atoms with Crippen LogP contribution in [-0.2, 0) is 4.74 Å².